The standard InChI is InChI=1S/C15H18N6O2/c16-13(22)11-5-18-21(7-11)12-8-20(9-12)14-15(23)19(4-3-17-14)6-10-1-2-10/h3-5,7,10,12H,1-2,6,8-9H2,(H2,16,22). The van der Waals surface area contributed by atoms with E-state index in [4.69, 9.17) is 5.73 Å². The van der Waals surface area contributed by atoms with Crippen LogP contribution in [0.5, 0.6) is 0 Å². The van der Waals surface area contributed by atoms with Crippen molar-refractivity contribution in [1.29, 1.82) is 0 Å². The first-order valence-electron chi connectivity index (χ1n) is 7.76. The second-order valence-electron chi connectivity index (χ2n) is 6.28. The minimum absolute atomic E-state index is 0.0314. The quantitative estimate of drug-likeness (QED) is 0.838. The van der Waals surface area contributed by atoms with Gasteiger partial charge in [-0.15, -0.1) is 0 Å². The van der Waals surface area contributed by atoms with Crippen molar-refractivity contribution >= 4 is 11.7 Å². The lowest BCUT2D eigenvalue weighted by molar-refractivity contribution is 0.1000. The molecule has 0 bridgehead atoms. The molecule has 0 spiro atoms. The third-order valence-corrected chi connectivity index (χ3v) is 4.47. The highest BCUT2D eigenvalue weighted by molar-refractivity contribution is 5.92. The van der Waals surface area contributed by atoms with E-state index < -0.39 is 5.91 Å². The molecule has 2 fully saturated rings. The summed E-state index contributed by atoms with van der Waals surface area (Å²) in [5.74, 6) is 0.648. The van der Waals surface area contributed by atoms with Gasteiger partial charge >= 0.3 is 0 Å². The molecule has 2 N–H and O–H groups in total. The van der Waals surface area contributed by atoms with E-state index in [1.54, 1.807) is 27.8 Å². The summed E-state index contributed by atoms with van der Waals surface area (Å²) in [6.45, 7) is 2.08. The van der Waals surface area contributed by atoms with Gasteiger partial charge < -0.3 is 15.2 Å². The Balaban J connectivity index is 1.46. The Morgan fingerprint density at radius 1 is 1.35 bits per heavy atom. The minimum atomic E-state index is -0.486. The molecule has 8 heteroatoms. The third-order valence-electron chi connectivity index (χ3n) is 4.47. The number of aromatic nitrogens is 4. The molecule has 1 aliphatic heterocycles. The van der Waals surface area contributed by atoms with Crippen molar-refractivity contribution in [2.45, 2.75) is 25.4 Å². The molecule has 0 atom stereocenters. The Labute approximate surface area is 132 Å². The molecule has 23 heavy (non-hydrogen) atoms. The first-order chi connectivity index (χ1) is 11.1. The lowest BCUT2D eigenvalue weighted by atomic mass is 10.1. The van der Waals surface area contributed by atoms with Gasteiger partial charge in [0.05, 0.1) is 17.8 Å². The highest BCUT2D eigenvalue weighted by atomic mass is 16.1. The summed E-state index contributed by atoms with van der Waals surface area (Å²) < 4.78 is 3.48. The van der Waals surface area contributed by atoms with Crippen LogP contribution in [0.2, 0.25) is 0 Å². The predicted octanol–water partition coefficient (Wildman–Crippen LogP) is 0.01000. The van der Waals surface area contributed by atoms with Gasteiger partial charge in [-0.25, -0.2) is 4.98 Å². The van der Waals surface area contributed by atoms with Gasteiger partial charge in [0.1, 0.15) is 0 Å². The first-order valence-corrected chi connectivity index (χ1v) is 7.76. The SMILES string of the molecule is NC(=O)c1cnn(C2CN(c3nccn(CC4CC4)c3=O)C2)c1. The van der Waals surface area contributed by atoms with Crippen molar-refractivity contribution in [3.63, 3.8) is 0 Å². The summed E-state index contributed by atoms with van der Waals surface area (Å²) in [5, 5.41) is 4.16. The average Bonchev–Trinajstić information content (AvgIpc) is 3.15. The van der Waals surface area contributed by atoms with Gasteiger partial charge in [0, 0.05) is 38.2 Å². The third kappa shape index (κ3) is 2.60. The van der Waals surface area contributed by atoms with Gasteiger partial charge in [0.2, 0.25) is 0 Å². The molecule has 2 aliphatic rings. The Hall–Kier alpha value is -2.64. The van der Waals surface area contributed by atoms with E-state index >= 15 is 0 Å². The minimum Gasteiger partial charge on any atom is -0.366 e. The smallest absolute Gasteiger partial charge is 0.293 e. The summed E-state index contributed by atoms with van der Waals surface area (Å²) in [7, 11) is 0. The number of hydrogen-bond acceptors (Lipinski definition) is 5. The van der Waals surface area contributed by atoms with Crippen molar-refractivity contribution in [3.05, 3.63) is 40.7 Å². The van der Waals surface area contributed by atoms with Gasteiger partial charge in [-0.1, -0.05) is 0 Å². The fourth-order valence-electron chi connectivity index (χ4n) is 2.84. The topological polar surface area (TPSA) is 99.0 Å². The van der Waals surface area contributed by atoms with Crippen molar-refractivity contribution < 1.29 is 4.79 Å². The number of nitrogens with zero attached hydrogens (tertiary/aromatic N) is 5. The number of carbonyl (C=O) groups excluding carboxylic acids is 1. The van der Waals surface area contributed by atoms with Gasteiger partial charge in [-0.3, -0.25) is 14.3 Å². The lowest BCUT2D eigenvalue weighted by Gasteiger charge is -2.39. The van der Waals surface area contributed by atoms with E-state index in [0.29, 0.717) is 30.4 Å². The zero-order valence-electron chi connectivity index (χ0n) is 12.6. The fourth-order valence-corrected chi connectivity index (χ4v) is 2.84. The molecule has 2 aromatic heterocycles. The maximum absolute atomic E-state index is 12.5. The van der Waals surface area contributed by atoms with Crippen molar-refractivity contribution in [3.8, 4) is 0 Å². The molecular weight excluding hydrogens is 296 g/mol. The highest BCUT2D eigenvalue weighted by Crippen LogP contribution is 2.30. The number of primary amides is 1. The molecule has 1 aliphatic carbocycles. The van der Waals surface area contributed by atoms with Crippen LogP contribution < -0.4 is 16.2 Å². The Kier molecular flexibility index (Phi) is 3.17. The number of carbonyl (C=O) groups is 1. The van der Waals surface area contributed by atoms with E-state index in [0.717, 1.165) is 6.54 Å². The van der Waals surface area contributed by atoms with E-state index in [9.17, 15) is 9.59 Å². The first kappa shape index (κ1) is 14.0. The largest absolute Gasteiger partial charge is 0.366 e. The number of hydrogen-bond donors (Lipinski definition) is 1. The van der Waals surface area contributed by atoms with Gasteiger partial charge in [-0.05, 0) is 18.8 Å². The van der Waals surface area contributed by atoms with Crippen molar-refractivity contribution in [2.75, 3.05) is 18.0 Å². The molecule has 0 unspecified atom stereocenters. The molecule has 2 aromatic rings. The van der Waals surface area contributed by atoms with Gasteiger partial charge in [0.25, 0.3) is 11.5 Å². The fraction of sp³-hybridized carbons (Fsp3) is 0.467. The summed E-state index contributed by atoms with van der Waals surface area (Å²) in [6, 6.07) is 0.126. The number of amides is 1. The molecule has 0 aromatic carbocycles. The molecule has 0 radical (unpaired) electrons. The Morgan fingerprint density at radius 2 is 2.13 bits per heavy atom. The predicted molar refractivity (Wildman–Crippen MR) is 83.2 cm³/mol. The molecule has 1 amide bonds. The normalized spacial score (nSPS) is 18.0. The summed E-state index contributed by atoms with van der Waals surface area (Å²) in [4.78, 5) is 29.8. The van der Waals surface area contributed by atoms with E-state index in [1.807, 2.05) is 4.90 Å². The molecule has 120 valence electrons. The maximum Gasteiger partial charge on any atom is 0.293 e. The van der Waals surface area contributed by atoms with E-state index in [2.05, 4.69) is 10.1 Å². The summed E-state index contributed by atoms with van der Waals surface area (Å²) in [6.07, 6.45) is 8.97. The summed E-state index contributed by atoms with van der Waals surface area (Å²) >= 11 is 0. The van der Waals surface area contributed by atoms with Crippen molar-refractivity contribution in [2.24, 2.45) is 11.7 Å². The molecule has 3 heterocycles. The van der Waals surface area contributed by atoms with Gasteiger partial charge in [-0.2, -0.15) is 5.10 Å². The molecule has 1 saturated carbocycles. The van der Waals surface area contributed by atoms with Crippen LogP contribution in [-0.4, -0.2) is 38.3 Å². The van der Waals surface area contributed by atoms with Crippen LogP contribution in [0.25, 0.3) is 0 Å². The molecule has 1 saturated heterocycles. The van der Waals surface area contributed by atoms with Crippen LogP contribution in [0.1, 0.15) is 29.2 Å². The zero-order valence-corrected chi connectivity index (χ0v) is 12.6. The monoisotopic (exact) mass is 314 g/mol. The zero-order chi connectivity index (χ0) is 16.0. The lowest BCUT2D eigenvalue weighted by Crippen LogP contribution is -2.50. The second kappa shape index (κ2) is 5.22. The molecule has 4 rings (SSSR count). The highest BCUT2D eigenvalue weighted by Gasteiger charge is 2.32. The number of anilines is 1. The van der Waals surface area contributed by atoms with Crippen LogP contribution in [0.3, 0.4) is 0 Å². The second-order valence-corrected chi connectivity index (χ2v) is 6.28. The maximum atomic E-state index is 12.5. The van der Waals surface area contributed by atoms with Crippen molar-refractivity contribution in [1.82, 2.24) is 19.3 Å². The number of rotatable bonds is 5. The van der Waals surface area contributed by atoms with Crippen LogP contribution in [0.15, 0.2) is 29.6 Å². The van der Waals surface area contributed by atoms with Gasteiger partial charge in [0.15, 0.2) is 5.82 Å². The average molecular weight is 314 g/mol. The molecular formula is C15H18N6O2. The van der Waals surface area contributed by atoms with Crippen LogP contribution >= 0.6 is 0 Å². The van der Waals surface area contributed by atoms with Crippen LogP contribution in [0, 0.1) is 5.92 Å². The Bertz CT molecular complexity index is 800. The summed E-state index contributed by atoms with van der Waals surface area (Å²) in [5.41, 5.74) is 5.59. The van der Waals surface area contributed by atoms with E-state index in [1.165, 1.54) is 19.0 Å². The molecule has 8 nitrogen and oxygen atoms in total. The van der Waals surface area contributed by atoms with Crippen LogP contribution in [-0.2, 0) is 6.54 Å². The number of nitrogens with two attached hydrogens (primary N) is 1. The Morgan fingerprint density at radius 3 is 2.78 bits per heavy atom. The van der Waals surface area contributed by atoms with E-state index in [-0.39, 0.29) is 11.6 Å². The van der Waals surface area contributed by atoms with Crippen LogP contribution in [0.4, 0.5) is 5.82 Å².